The number of hydrogen-bond donors (Lipinski definition) is 1. The third-order valence-corrected chi connectivity index (χ3v) is 2.35. The lowest BCUT2D eigenvalue weighted by atomic mass is 10.2. The minimum atomic E-state index is 0.552. The molecule has 0 fully saturated rings. The highest BCUT2D eigenvalue weighted by Crippen LogP contribution is 2.12. The first-order chi connectivity index (χ1) is 7.81. The summed E-state index contributed by atoms with van der Waals surface area (Å²) in [6, 6.07) is 12.1. The Morgan fingerprint density at radius 2 is 2.12 bits per heavy atom. The van der Waals surface area contributed by atoms with Crippen molar-refractivity contribution in [2.75, 3.05) is 5.32 Å². The molecule has 1 N–H and O–H groups in total. The van der Waals surface area contributed by atoms with Gasteiger partial charge < -0.3 is 9.88 Å². The van der Waals surface area contributed by atoms with E-state index in [0.29, 0.717) is 18.1 Å². The zero-order valence-electron chi connectivity index (χ0n) is 9.01. The number of rotatable bonds is 3. The van der Waals surface area contributed by atoms with Gasteiger partial charge in [-0.2, -0.15) is 5.26 Å². The van der Waals surface area contributed by atoms with Gasteiger partial charge in [0.05, 0.1) is 6.33 Å². The Balaban J connectivity index is 2.09. The van der Waals surface area contributed by atoms with Gasteiger partial charge in [-0.15, -0.1) is 0 Å². The number of nitriles is 1. The highest BCUT2D eigenvalue weighted by molar-refractivity contribution is 5.48. The molecule has 1 aromatic heterocycles. The molecule has 0 saturated heterocycles. The van der Waals surface area contributed by atoms with Gasteiger partial charge in [0.1, 0.15) is 6.07 Å². The Morgan fingerprint density at radius 3 is 2.81 bits per heavy atom. The lowest BCUT2D eigenvalue weighted by Crippen LogP contribution is -2.02. The molecule has 1 heterocycles. The van der Waals surface area contributed by atoms with Gasteiger partial charge in [0.25, 0.3) is 0 Å². The van der Waals surface area contributed by atoms with Crippen LogP contribution in [0.25, 0.3) is 0 Å². The molecule has 1 aromatic carbocycles. The largest absolute Gasteiger partial charge is 0.364 e. The van der Waals surface area contributed by atoms with Gasteiger partial charge in [0.15, 0.2) is 11.5 Å². The predicted molar refractivity (Wildman–Crippen MR) is 61.7 cm³/mol. The van der Waals surface area contributed by atoms with Gasteiger partial charge in [-0.1, -0.05) is 30.3 Å². The second-order valence-electron chi connectivity index (χ2n) is 3.50. The van der Waals surface area contributed by atoms with Gasteiger partial charge >= 0.3 is 0 Å². The van der Waals surface area contributed by atoms with E-state index in [9.17, 15) is 0 Å². The van der Waals surface area contributed by atoms with E-state index < -0.39 is 0 Å². The molecule has 4 nitrogen and oxygen atoms in total. The van der Waals surface area contributed by atoms with Crippen molar-refractivity contribution in [2.45, 2.75) is 6.54 Å². The lowest BCUT2D eigenvalue weighted by molar-refractivity contribution is 0.896. The minimum Gasteiger partial charge on any atom is -0.364 e. The van der Waals surface area contributed by atoms with Crippen LogP contribution in [0.2, 0.25) is 0 Å². The van der Waals surface area contributed by atoms with Crippen molar-refractivity contribution in [3.8, 4) is 6.07 Å². The van der Waals surface area contributed by atoms with E-state index in [1.54, 1.807) is 17.9 Å². The summed E-state index contributed by atoms with van der Waals surface area (Å²) in [7, 11) is 1.80. The SMILES string of the molecule is Cn1cnc([14NH]Cc2ccccc2)c1C#N. The molecule has 0 bridgehead atoms. The molecule has 0 saturated carbocycles. The maximum atomic E-state index is 8.93. The van der Waals surface area contributed by atoms with Crippen LogP contribution in [0.4, 0.5) is 5.82 Å². The van der Waals surface area contributed by atoms with Crippen LogP contribution < -0.4 is 5.32 Å². The Labute approximate surface area is 94.2 Å². The summed E-state index contributed by atoms with van der Waals surface area (Å²) >= 11 is 0. The second-order valence-corrected chi connectivity index (χ2v) is 3.50. The number of hydrogen-bond acceptors (Lipinski definition) is 3. The van der Waals surface area contributed by atoms with E-state index in [0.717, 1.165) is 5.56 Å². The Morgan fingerprint density at radius 1 is 1.38 bits per heavy atom. The normalized spacial score (nSPS) is 9.75. The smallest absolute Gasteiger partial charge is 0.164 e. The summed E-state index contributed by atoms with van der Waals surface area (Å²) < 4.78 is 1.70. The fourth-order valence-electron chi connectivity index (χ4n) is 1.47. The predicted octanol–water partition coefficient (Wildman–Crippen LogP) is 1.90. The van der Waals surface area contributed by atoms with Crippen LogP contribution in [0.3, 0.4) is 0 Å². The van der Waals surface area contributed by atoms with Crippen molar-refractivity contribution in [2.24, 2.45) is 7.05 Å². The molecule has 4 heteroatoms. The van der Waals surface area contributed by atoms with Gasteiger partial charge in [-0.05, 0) is 5.56 Å². The zero-order valence-corrected chi connectivity index (χ0v) is 9.01. The van der Waals surface area contributed by atoms with Crippen LogP contribution in [0.1, 0.15) is 11.3 Å². The summed E-state index contributed by atoms with van der Waals surface area (Å²) in [6.07, 6.45) is 1.63. The minimum absolute atomic E-state index is 0.552. The zero-order chi connectivity index (χ0) is 11.4. The van der Waals surface area contributed by atoms with Gasteiger partial charge in [-0.3, -0.25) is 0 Å². The fourth-order valence-corrected chi connectivity index (χ4v) is 1.47. The molecule has 0 atom stereocenters. The van der Waals surface area contributed by atoms with Crippen molar-refractivity contribution >= 4 is 5.82 Å². The average Bonchev–Trinajstić information content (AvgIpc) is 2.68. The average molecular weight is 212 g/mol. The molecular formula is C12H12N4. The Kier molecular flexibility index (Phi) is 2.88. The van der Waals surface area contributed by atoms with Crippen molar-refractivity contribution in [1.82, 2.24) is 9.55 Å². The Bertz CT molecular complexity index is 508. The monoisotopic (exact) mass is 212 g/mol. The van der Waals surface area contributed by atoms with Gasteiger partial charge in [0, 0.05) is 13.6 Å². The van der Waals surface area contributed by atoms with Crippen molar-refractivity contribution in [3.05, 3.63) is 47.9 Å². The summed E-state index contributed by atoms with van der Waals surface area (Å²) in [4.78, 5) is 4.13. The molecule has 2 rings (SSSR count). The second kappa shape index (κ2) is 4.49. The molecule has 16 heavy (non-hydrogen) atoms. The number of nitrogens with zero attached hydrogens (tertiary/aromatic N) is 3. The first-order valence-corrected chi connectivity index (χ1v) is 5.00. The third-order valence-electron chi connectivity index (χ3n) is 2.35. The van der Waals surface area contributed by atoms with E-state index in [4.69, 9.17) is 5.26 Å². The molecule has 2 aromatic rings. The quantitative estimate of drug-likeness (QED) is 0.845. The highest BCUT2D eigenvalue weighted by Gasteiger charge is 2.06. The topological polar surface area (TPSA) is 53.6 Å². The van der Waals surface area contributed by atoms with E-state index in [1.807, 2.05) is 30.3 Å². The number of aryl methyl sites for hydroxylation is 1. The molecule has 0 aliphatic carbocycles. The molecule has 0 spiro atoms. The first-order valence-electron chi connectivity index (χ1n) is 5.00. The van der Waals surface area contributed by atoms with Crippen LogP contribution in [-0.2, 0) is 13.6 Å². The van der Waals surface area contributed by atoms with Crippen LogP contribution in [0.5, 0.6) is 0 Å². The first kappa shape index (κ1) is 10.2. The molecule has 0 aliphatic heterocycles. The third kappa shape index (κ3) is 2.04. The van der Waals surface area contributed by atoms with Crippen molar-refractivity contribution in [1.29, 1.82) is 5.26 Å². The van der Waals surface area contributed by atoms with E-state index in [-0.39, 0.29) is 0 Å². The lowest BCUT2D eigenvalue weighted by Gasteiger charge is -2.03. The summed E-state index contributed by atoms with van der Waals surface area (Å²) in [5, 5.41) is 12.1. The number of benzene rings is 1. The maximum absolute atomic E-state index is 8.93. The number of nitrogens with one attached hydrogen (secondary N) is 1. The van der Waals surface area contributed by atoms with Gasteiger partial charge in [-0.25, -0.2) is 4.98 Å². The van der Waals surface area contributed by atoms with E-state index >= 15 is 0 Å². The van der Waals surface area contributed by atoms with E-state index in [2.05, 4.69) is 16.4 Å². The maximum Gasteiger partial charge on any atom is 0.164 e. The molecule has 0 radical (unpaired) electrons. The molecule has 0 aliphatic rings. The standard InChI is InChI=1S/C12H12N4/c1-16-9-15-12(11(16)7-13)14-8-10-5-3-2-4-6-10/h2-6,9,14H,8H2,1H3/i14+0. The van der Waals surface area contributed by atoms with Crippen LogP contribution >= 0.6 is 0 Å². The number of imidazole rings is 1. The van der Waals surface area contributed by atoms with E-state index in [1.165, 1.54) is 0 Å². The van der Waals surface area contributed by atoms with Crippen molar-refractivity contribution < 1.29 is 0 Å². The molecular weight excluding hydrogens is 200 g/mol. The van der Waals surface area contributed by atoms with Gasteiger partial charge in [0.2, 0.25) is 0 Å². The summed E-state index contributed by atoms with van der Waals surface area (Å²) in [6.45, 7) is 0.673. The number of aromatic nitrogens is 2. The summed E-state index contributed by atoms with van der Waals surface area (Å²) in [5.41, 5.74) is 1.72. The summed E-state index contributed by atoms with van der Waals surface area (Å²) in [5.74, 6) is 0.633. The fraction of sp³-hybridized carbons (Fsp3) is 0.167. The van der Waals surface area contributed by atoms with Crippen LogP contribution in [0.15, 0.2) is 36.7 Å². The molecule has 0 unspecified atom stereocenters. The van der Waals surface area contributed by atoms with Crippen LogP contribution in [-0.4, -0.2) is 9.55 Å². The highest BCUT2D eigenvalue weighted by atomic mass is 15.1. The van der Waals surface area contributed by atoms with Crippen LogP contribution in [0, 0.1) is 11.3 Å². The van der Waals surface area contributed by atoms with Crippen molar-refractivity contribution in [3.63, 3.8) is 0 Å². The number of anilines is 1. The Hall–Kier alpha value is -2.28. The molecule has 0 amide bonds. The molecule has 80 valence electrons.